The maximum absolute atomic E-state index is 11.9. The van der Waals surface area contributed by atoms with Crippen LogP contribution in [0.25, 0.3) is 0 Å². The van der Waals surface area contributed by atoms with Crippen molar-refractivity contribution in [3.8, 4) is 0 Å². The van der Waals surface area contributed by atoms with Crippen LogP contribution >= 0.6 is 0 Å². The van der Waals surface area contributed by atoms with Gasteiger partial charge in [0.2, 0.25) is 10.0 Å². The third kappa shape index (κ3) is 3.56. The first kappa shape index (κ1) is 15.0. The second-order valence-corrected chi connectivity index (χ2v) is 7.42. The van der Waals surface area contributed by atoms with Gasteiger partial charge in [0.1, 0.15) is 0 Å². The lowest BCUT2D eigenvalue weighted by molar-refractivity contribution is 0.0426. The molecular weight excluding hydrogens is 262 g/mol. The van der Waals surface area contributed by atoms with Crippen LogP contribution in [-0.4, -0.2) is 80.1 Å². The highest BCUT2D eigenvalue weighted by atomic mass is 32.2. The van der Waals surface area contributed by atoms with Crippen molar-refractivity contribution >= 4 is 10.0 Å². The minimum atomic E-state index is -3.05. The fourth-order valence-corrected chi connectivity index (χ4v) is 4.20. The molecule has 0 radical (unpaired) electrons. The Morgan fingerprint density at radius 1 is 1.21 bits per heavy atom. The number of nitrogens with zero attached hydrogens (tertiary/aromatic N) is 3. The Bertz CT molecular complexity index is 396. The molecule has 0 aromatic rings. The van der Waals surface area contributed by atoms with E-state index in [2.05, 4.69) is 23.3 Å². The zero-order valence-electron chi connectivity index (χ0n) is 11.8. The molecule has 2 fully saturated rings. The first-order chi connectivity index (χ1) is 9.06. The number of sulfonamides is 1. The van der Waals surface area contributed by atoms with Crippen LogP contribution in [0.4, 0.5) is 0 Å². The Kier molecular flexibility index (Phi) is 5.00. The van der Waals surface area contributed by atoms with Crippen LogP contribution in [0.5, 0.6) is 0 Å². The number of likely N-dealkylation sites (N-methyl/N-ethyl adjacent to an activating group) is 1. The molecule has 0 N–H and O–H groups in total. The molecule has 110 valence electrons. The van der Waals surface area contributed by atoms with Crippen molar-refractivity contribution in [3.05, 3.63) is 12.7 Å². The standard InChI is InChI=1S/C13H25N3O2S/c1-3-5-10-19(17,18)16-11-13(12-16)15-8-6-14(4-2)7-9-15/h3,13H,1,4-12H2,2H3. The number of allylic oxidation sites excluding steroid dienone is 1. The van der Waals surface area contributed by atoms with Crippen molar-refractivity contribution in [1.29, 1.82) is 0 Å². The topological polar surface area (TPSA) is 43.9 Å². The second-order valence-electron chi connectivity index (χ2n) is 5.33. The Hall–Kier alpha value is -0.430. The Morgan fingerprint density at radius 3 is 2.37 bits per heavy atom. The van der Waals surface area contributed by atoms with E-state index in [0.29, 0.717) is 25.6 Å². The van der Waals surface area contributed by atoms with E-state index in [1.165, 1.54) is 0 Å². The smallest absolute Gasteiger partial charge is 0.214 e. The quantitative estimate of drug-likeness (QED) is 0.655. The summed E-state index contributed by atoms with van der Waals surface area (Å²) in [5.74, 6) is 0.201. The van der Waals surface area contributed by atoms with Gasteiger partial charge in [0.05, 0.1) is 5.75 Å². The van der Waals surface area contributed by atoms with Gasteiger partial charge in [0, 0.05) is 45.3 Å². The monoisotopic (exact) mass is 287 g/mol. The van der Waals surface area contributed by atoms with Gasteiger partial charge < -0.3 is 4.90 Å². The number of hydrogen-bond donors (Lipinski definition) is 0. The third-order valence-corrected chi connectivity index (χ3v) is 6.01. The summed E-state index contributed by atoms with van der Waals surface area (Å²) in [7, 11) is -3.05. The summed E-state index contributed by atoms with van der Waals surface area (Å²) in [6, 6.07) is 0.428. The first-order valence-corrected chi connectivity index (χ1v) is 8.73. The van der Waals surface area contributed by atoms with Gasteiger partial charge in [-0.2, -0.15) is 4.31 Å². The molecule has 0 saturated carbocycles. The molecule has 2 aliphatic heterocycles. The van der Waals surface area contributed by atoms with Crippen LogP contribution in [0.2, 0.25) is 0 Å². The molecule has 0 unspecified atom stereocenters. The number of rotatable bonds is 6. The Balaban J connectivity index is 1.76. The minimum absolute atomic E-state index is 0.201. The van der Waals surface area contributed by atoms with Gasteiger partial charge in [-0.05, 0) is 13.0 Å². The van der Waals surface area contributed by atoms with E-state index in [9.17, 15) is 8.42 Å². The van der Waals surface area contributed by atoms with Crippen LogP contribution in [0.1, 0.15) is 13.3 Å². The van der Waals surface area contributed by atoms with Crippen LogP contribution in [0, 0.1) is 0 Å². The molecule has 2 saturated heterocycles. The van der Waals surface area contributed by atoms with E-state index in [4.69, 9.17) is 0 Å². The summed E-state index contributed by atoms with van der Waals surface area (Å²) in [5, 5.41) is 0. The highest BCUT2D eigenvalue weighted by Gasteiger charge is 2.38. The average molecular weight is 287 g/mol. The Morgan fingerprint density at radius 2 is 1.84 bits per heavy atom. The largest absolute Gasteiger partial charge is 0.301 e. The molecule has 6 heteroatoms. The second kappa shape index (κ2) is 6.35. The molecule has 0 spiro atoms. The molecule has 5 nitrogen and oxygen atoms in total. The maximum atomic E-state index is 11.9. The van der Waals surface area contributed by atoms with Gasteiger partial charge in [0.25, 0.3) is 0 Å². The first-order valence-electron chi connectivity index (χ1n) is 7.12. The van der Waals surface area contributed by atoms with Gasteiger partial charge in [-0.3, -0.25) is 4.90 Å². The lowest BCUT2D eigenvalue weighted by atomic mass is 10.1. The van der Waals surface area contributed by atoms with Crippen molar-refractivity contribution in [2.45, 2.75) is 19.4 Å². The number of piperazine rings is 1. The summed E-state index contributed by atoms with van der Waals surface area (Å²) in [4.78, 5) is 4.87. The minimum Gasteiger partial charge on any atom is -0.301 e. The molecule has 0 aromatic heterocycles. The van der Waals surface area contributed by atoms with Gasteiger partial charge in [-0.1, -0.05) is 13.0 Å². The fourth-order valence-electron chi connectivity index (χ4n) is 2.68. The van der Waals surface area contributed by atoms with Crippen LogP contribution < -0.4 is 0 Å². The van der Waals surface area contributed by atoms with Gasteiger partial charge >= 0.3 is 0 Å². The fraction of sp³-hybridized carbons (Fsp3) is 0.846. The lowest BCUT2D eigenvalue weighted by Crippen LogP contribution is -2.64. The molecule has 0 aliphatic carbocycles. The molecule has 0 aromatic carbocycles. The van der Waals surface area contributed by atoms with Crippen molar-refractivity contribution in [2.24, 2.45) is 0 Å². The molecule has 2 heterocycles. The zero-order valence-corrected chi connectivity index (χ0v) is 12.6. The molecule has 0 amide bonds. The predicted molar refractivity (Wildman–Crippen MR) is 77.6 cm³/mol. The highest BCUT2D eigenvalue weighted by molar-refractivity contribution is 7.89. The van der Waals surface area contributed by atoms with Crippen molar-refractivity contribution in [2.75, 3.05) is 51.6 Å². The summed E-state index contributed by atoms with van der Waals surface area (Å²) in [5.41, 5.74) is 0. The van der Waals surface area contributed by atoms with Crippen LogP contribution in [0.15, 0.2) is 12.7 Å². The van der Waals surface area contributed by atoms with E-state index >= 15 is 0 Å². The van der Waals surface area contributed by atoms with Crippen LogP contribution in [-0.2, 0) is 10.0 Å². The molecule has 0 bridgehead atoms. The normalized spacial score (nSPS) is 24.3. The van der Waals surface area contributed by atoms with E-state index in [1.54, 1.807) is 10.4 Å². The summed E-state index contributed by atoms with van der Waals surface area (Å²) >= 11 is 0. The predicted octanol–water partition coefficient (Wildman–Crippen LogP) is 0.214. The highest BCUT2D eigenvalue weighted by Crippen LogP contribution is 2.20. The molecule has 0 atom stereocenters. The number of hydrogen-bond acceptors (Lipinski definition) is 4. The Labute approximate surface area is 116 Å². The summed E-state index contributed by atoms with van der Waals surface area (Å²) in [6.45, 7) is 12.6. The van der Waals surface area contributed by atoms with E-state index < -0.39 is 10.0 Å². The summed E-state index contributed by atoms with van der Waals surface area (Å²) in [6.07, 6.45) is 2.21. The van der Waals surface area contributed by atoms with E-state index in [0.717, 1.165) is 32.7 Å². The summed E-state index contributed by atoms with van der Waals surface area (Å²) < 4.78 is 25.5. The van der Waals surface area contributed by atoms with Crippen molar-refractivity contribution in [3.63, 3.8) is 0 Å². The van der Waals surface area contributed by atoms with Crippen LogP contribution in [0.3, 0.4) is 0 Å². The third-order valence-electron chi connectivity index (χ3n) is 4.17. The lowest BCUT2D eigenvalue weighted by Gasteiger charge is -2.47. The van der Waals surface area contributed by atoms with Crippen molar-refractivity contribution < 1.29 is 8.42 Å². The van der Waals surface area contributed by atoms with E-state index in [1.807, 2.05) is 0 Å². The molecule has 2 rings (SSSR count). The van der Waals surface area contributed by atoms with Gasteiger partial charge in [-0.15, -0.1) is 6.58 Å². The average Bonchev–Trinajstić information content (AvgIpc) is 2.35. The molecular formula is C13H25N3O2S. The molecule has 2 aliphatic rings. The zero-order chi connectivity index (χ0) is 13.9. The SMILES string of the molecule is C=CCCS(=O)(=O)N1CC(N2CCN(CC)CC2)C1. The van der Waals surface area contributed by atoms with Crippen molar-refractivity contribution in [1.82, 2.24) is 14.1 Å². The molecule has 19 heavy (non-hydrogen) atoms. The maximum Gasteiger partial charge on any atom is 0.214 e. The van der Waals surface area contributed by atoms with Gasteiger partial charge in [-0.25, -0.2) is 8.42 Å². The van der Waals surface area contributed by atoms with Gasteiger partial charge in [0.15, 0.2) is 0 Å². The van der Waals surface area contributed by atoms with E-state index in [-0.39, 0.29) is 5.75 Å².